The van der Waals surface area contributed by atoms with Crippen LogP contribution in [0.15, 0.2) is 24.3 Å². The van der Waals surface area contributed by atoms with Gasteiger partial charge < -0.3 is 15.2 Å². The zero-order valence-corrected chi connectivity index (χ0v) is 14.5. The molecule has 0 spiro atoms. The number of carbonyl (C=O) groups excluding carboxylic acids is 1. The Hall–Kier alpha value is -1.39. The highest BCUT2D eigenvalue weighted by atomic mass is 16.5. The van der Waals surface area contributed by atoms with Crippen LogP contribution in [0.2, 0.25) is 0 Å². The van der Waals surface area contributed by atoms with Crippen LogP contribution in [0, 0.1) is 0 Å². The largest absolute Gasteiger partial charge is 0.387 e. The van der Waals surface area contributed by atoms with Gasteiger partial charge in [0.2, 0.25) is 5.91 Å². The lowest BCUT2D eigenvalue weighted by molar-refractivity contribution is -0.122. The molecule has 1 saturated heterocycles. The zero-order chi connectivity index (χ0) is 16.9. The molecule has 0 saturated carbocycles. The molecule has 4 nitrogen and oxygen atoms in total. The molecule has 1 aliphatic heterocycles. The van der Waals surface area contributed by atoms with Crippen LogP contribution >= 0.6 is 0 Å². The Balaban J connectivity index is 1.75. The van der Waals surface area contributed by atoms with E-state index in [1.54, 1.807) is 0 Å². The minimum absolute atomic E-state index is 0.0224. The van der Waals surface area contributed by atoms with Gasteiger partial charge in [-0.25, -0.2) is 0 Å². The van der Waals surface area contributed by atoms with Gasteiger partial charge in [0.05, 0.1) is 12.2 Å². The van der Waals surface area contributed by atoms with Crippen molar-refractivity contribution in [2.45, 2.75) is 64.1 Å². The average Bonchev–Trinajstić information content (AvgIpc) is 3.03. The summed E-state index contributed by atoms with van der Waals surface area (Å²) in [5.74, 6) is -0.0224. The Morgan fingerprint density at radius 1 is 1.35 bits per heavy atom. The molecule has 1 heterocycles. The van der Waals surface area contributed by atoms with Crippen LogP contribution in [-0.2, 0) is 14.9 Å². The lowest BCUT2D eigenvalue weighted by atomic mass is 9.86. The molecule has 1 aromatic carbocycles. The molecule has 0 aromatic heterocycles. The Morgan fingerprint density at radius 2 is 2.04 bits per heavy atom. The summed E-state index contributed by atoms with van der Waals surface area (Å²) < 4.78 is 5.51. The van der Waals surface area contributed by atoms with Gasteiger partial charge in [0.1, 0.15) is 0 Å². The van der Waals surface area contributed by atoms with Gasteiger partial charge >= 0.3 is 0 Å². The third kappa shape index (κ3) is 5.63. The fraction of sp³-hybridized carbons (Fsp3) is 0.632. The molecule has 2 N–H and O–H groups in total. The Labute approximate surface area is 139 Å². The first-order valence-corrected chi connectivity index (χ1v) is 8.53. The monoisotopic (exact) mass is 319 g/mol. The molecule has 1 fully saturated rings. The number of benzene rings is 1. The molecule has 23 heavy (non-hydrogen) atoms. The normalized spacial score (nSPS) is 19.6. The third-order valence-corrected chi connectivity index (χ3v) is 4.37. The molecule has 1 amide bonds. The van der Waals surface area contributed by atoms with Crippen molar-refractivity contribution in [2.24, 2.45) is 0 Å². The molecule has 1 aromatic rings. The molecule has 0 bridgehead atoms. The molecular formula is C19H29NO3. The molecule has 0 radical (unpaired) electrons. The highest BCUT2D eigenvalue weighted by molar-refractivity contribution is 5.75. The first kappa shape index (κ1) is 18.0. The predicted octanol–water partition coefficient (Wildman–Crippen LogP) is 3.09. The van der Waals surface area contributed by atoms with Crippen LogP contribution in [0.25, 0.3) is 0 Å². The number of hydrogen-bond acceptors (Lipinski definition) is 3. The second kappa shape index (κ2) is 7.93. The highest BCUT2D eigenvalue weighted by Crippen LogP contribution is 2.24. The standard InChI is InChI=1S/C19H29NO3/c1-19(2,3)15-8-6-14(7-9-15)17(21)13-20-18(22)11-10-16-5-4-12-23-16/h6-9,16-17,21H,4-5,10-13H2,1-3H3,(H,20,22). The second-order valence-corrected chi connectivity index (χ2v) is 7.37. The van der Waals surface area contributed by atoms with Crippen molar-refractivity contribution >= 4 is 5.91 Å². The zero-order valence-electron chi connectivity index (χ0n) is 14.5. The van der Waals surface area contributed by atoms with E-state index in [0.29, 0.717) is 6.42 Å². The second-order valence-electron chi connectivity index (χ2n) is 7.37. The summed E-state index contributed by atoms with van der Waals surface area (Å²) in [6.07, 6.45) is 2.93. The number of aliphatic hydroxyl groups excluding tert-OH is 1. The minimum Gasteiger partial charge on any atom is -0.387 e. The van der Waals surface area contributed by atoms with E-state index in [9.17, 15) is 9.90 Å². The van der Waals surface area contributed by atoms with Crippen LogP contribution in [0.5, 0.6) is 0 Å². The number of hydrogen-bond donors (Lipinski definition) is 2. The Bertz CT molecular complexity index is 498. The molecular weight excluding hydrogens is 290 g/mol. The molecule has 2 unspecified atom stereocenters. The maximum absolute atomic E-state index is 11.8. The van der Waals surface area contributed by atoms with Gasteiger partial charge in [-0.3, -0.25) is 4.79 Å². The van der Waals surface area contributed by atoms with E-state index in [2.05, 4.69) is 26.1 Å². The summed E-state index contributed by atoms with van der Waals surface area (Å²) >= 11 is 0. The quantitative estimate of drug-likeness (QED) is 0.847. The van der Waals surface area contributed by atoms with E-state index in [1.165, 1.54) is 5.56 Å². The maximum atomic E-state index is 11.8. The molecule has 2 rings (SSSR count). The summed E-state index contributed by atoms with van der Waals surface area (Å²) in [5.41, 5.74) is 2.16. The van der Waals surface area contributed by atoms with Gasteiger partial charge in [0, 0.05) is 19.6 Å². The molecule has 1 aliphatic rings. The summed E-state index contributed by atoms with van der Waals surface area (Å²) in [4.78, 5) is 11.8. The average molecular weight is 319 g/mol. The van der Waals surface area contributed by atoms with Crippen molar-refractivity contribution in [3.63, 3.8) is 0 Å². The summed E-state index contributed by atoms with van der Waals surface area (Å²) in [7, 11) is 0. The SMILES string of the molecule is CC(C)(C)c1ccc(C(O)CNC(=O)CCC2CCCO2)cc1. The van der Waals surface area contributed by atoms with Crippen LogP contribution in [-0.4, -0.2) is 30.3 Å². The number of aliphatic hydroxyl groups is 1. The fourth-order valence-electron chi connectivity index (χ4n) is 2.79. The fourth-order valence-corrected chi connectivity index (χ4v) is 2.79. The third-order valence-electron chi connectivity index (χ3n) is 4.37. The molecule has 0 aliphatic carbocycles. The van der Waals surface area contributed by atoms with Crippen LogP contribution in [0.1, 0.15) is 63.7 Å². The highest BCUT2D eigenvalue weighted by Gasteiger charge is 2.18. The van der Waals surface area contributed by atoms with Crippen LogP contribution in [0.4, 0.5) is 0 Å². The van der Waals surface area contributed by atoms with Crippen molar-refractivity contribution in [1.82, 2.24) is 5.32 Å². The smallest absolute Gasteiger partial charge is 0.220 e. The molecule has 4 heteroatoms. The van der Waals surface area contributed by atoms with Gasteiger partial charge in [0.15, 0.2) is 0 Å². The minimum atomic E-state index is -0.671. The predicted molar refractivity (Wildman–Crippen MR) is 91.3 cm³/mol. The van der Waals surface area contributed by atoms with Crippen molar-refractivity contribution in [2.75, 3.05) is 13.2 Å². The number of carbonyl (C=O) groups is 1. The van der Waals surface area contributed by atoms with E-state index in [0.717, 1.165) is 31.4 Å². The van der Waals surface area contributed by atoms with E-state index in [1.807, 2.05) is 24.3 Å². The van der Waals surface area contributed by atoms with E-state index in [-0.39, 0.29) is 24.0 Å². The molecule has 128 valence electrons. The van der Waals surface area contributed by atoms with E-state index < -0.39 is 6.10 Å². The topological polar surface area (TPSA) is 58.6 Å². The van der Waals surface area contributed by atoms with Crippen LogP contribution < -0.4 is 5.32 Å². The summed E-state index contributed by atoms with van der Waals surface area (Å²) in [5, 5.41) is 13.0. The first-order valence-electron chi connectivity index (χ1n) is 8.53. The summed E-state index contributed by atoms with van der Waals surface area (Å²) in [6, 6.07) is 7.95. The number of rotatable bonds is 6. The maximum Gasteiger partial charge on any atom is 0.220 e. The van der Waals surface area contributed by atoms with Crippen molar-refractivity contribution in [3.8, 4) is 0 Å². The van der Waals surface area contributed by atoms with Crippen molar-refractivity contribution < 1.29 is 14.6 Å². The Kier molecular flexibility index (Phi) is 6.19. The van der Waals surface area contributed by atoms with Crippen LogP contribution in [0.3, 0.4) is 0 Å². The number of nitrogens with one attached hydrogen (secondary N) is 1. The van der Waals surface area contributed by atoms with E-state index >= 15 is 0 Å². The van der Waals surface area contributed by atoms with Gasteiger partial charge in [-0.15, -0.1) is 0 Å². The van der Waals surface area contributed by atoms with Gasteiger partial charge in [-0.2, -0.15) is 0 Å². The summed E-state index contributed by atoms with van der Waals surface area (Å²) in [6.45, 7) is 7.54. The number of amides is 1. The Morgan fingerprint density at radius 3 is 2.61 bits per heavy atom. The van der Waals surface area contributed by atoms with Gasteiger partial charge in [0.25, 0.3) is 0 Å². The first-order chi connectivity index (χ1) is 10.9. The lowest BCUT2D eigenvalue weighted by Crippen LogP contribution is -2.29. The van der Waals surface area contributed by atoms with Gasteiger partial charge in [-0.05, 0) is 35.8 Å². The van der Waals surface area contributed by atoms with Crippen molar-refractivity contribution in [1.29, 1.82) is 0 Å². The van der Waals surface area contributed by atoms with Gasteiger partial charge in [-0.1, -0.05) is 45.0 Å². The van der Waals surface area contributed by atoms with Crippen molar-refractivity contribution in [3.05, 3.63) is 35.4 Å². The number of ether oxygens (including phenoxy) is 1. The van der Waals surface area contributed by atoms with E-state index in [4.69, 9.17) is 4.74 Å². The molecule has 2 atom stereocenters. The lowest BCUT2D eigenvalue weighted by Gasteiger charge is -2.20.